The molecule has 124 valence electrons. The highest BCUT2D eigenvalue weighted by molar-refractivity contribution is 9.09. The molecule has 1 aromatic carbocycles. The summed E-state index contributed by atoms with van der Waals surface area (Å²) in [6.45, 7) is 5.94. The van der Waals surface area contributed by atoms with Crippen LogP contribution in [0.1, 0.15) is 35.7 Å². The SMILES string of the molecule is C=C1Cc2c(O)c(OC)cc(O)c2C(=O)[C@H]2O[C@]2(C)CC[C@H]1Br. The zero-order valence-electron chi connectivity index (χ0n) is 13.1. The number of hydrogen-bond donors (Lipinski definition) is 2. The molecule has 1 fully saturated rings. The van der Waals surface area contributed by atoms with E-state index in [2.05, 4.69) is 22.5 Å². The number of fused-ring (bicyclic) bond motifs is 2. The largest absolute Gasteiger partial charge is 0.507 e. The zero-order valence-corrected chi connectivity index (χ0v) is 14.6. The number of aromatic hydroxyl groups is 2. The van der Waals surface area contributed by atoms with Crippen molar-refractivity contribution in [3.8, 4) is 17.2 Å². The second-order valence-corrected chi connectivity index (χ2v) is 7.42. The molecule has 0 unspecified atom stereocenters. The van der Waals surface area contributed by atoms with Gasteiger partial charge in [-0.05, 0) is 26.2 Å². The summed E-state index contributed by atoms with van der Waals surface area (Å²) in [6.07, 6.45) is 1.18. The highest BCUT2D eigenvalue weighted by Gasteiger charge is 2.57. The first-order valence-electron chi connectivity index (χ1n) is 7.44. The minimum absolute atomic E-state index is 0.0398. The van der Waals surface area contributed by atoms with E-state index in [-0.39, 0.29) is 39.8 Å². The van der Waals surface area contributed by atoms with Gasteiger partial charge in [-0.2, -0.15) is 0 Å². The molecule has 0 saturated carbocycles. The van der Waals surface area contributed by atoms with Gasteiger partial charge in [-0.25, -0.2) is 0 Å². The van der Waals surface area contributed by atoms with Crippen molar-refractivity contribution in [3.63, 3.8) is 0 Å². The summed E-state index contributed by atoms with van der Waals surface area (Å²) >= 11 is 3.60. The Bertz CT molecular complexity index is 699. The smallest absolute Gasteiger partial charge is 0.198 e. The van der Waals surface area contributed by atoms with Crippen LogP contribution in [-0.2, 0) is 11.2 Å². The Labute approximate surface area is 143 Å². The molecule has 1 saturated heterocycles. The Morgan fingerprint density at radius 3 is 2.83 bits per heavy atom. The minimum atomic E-state index is -0.592. The van der Waals surface area contributed by atoms with Crippen LogP contribution in [0.2, 0.25) is 0 Å². The number of halogens is 1. The first kappa shape index (κ1) is 16.3. The van der Waals surface area contributed by atoms with Crippen LogP contribution in [0.15, 0.2) is 18.2 Å². The molecule has 0 amide bonds. The van der Waals surface area contributed by atoms with Crippen molar-refractivity contribution in [2.45, 2.75) is 42.7 Å². The number of benzene rings is 1. The molecule has 6 heteroatoms. The lowest BCUT2D eigenvalue weighted by Crippen LogP contribution is -2.23. The molecule has 2 N–H and O–H groups in total. The number of ketones is 1. The van der Waals surface area contributed by atoms with Gasteiger partial charge in [-0.1, -0.05) is 28.1 Å². The number of allylic oxidation sites excluding steroid dienone is 1. The van der Waals surface area contributed by atoms with Crippen molar-refractivity contribution in [3.05, 3.63) is 29.3 Å². The molecule has 1 aromatic rings. The van der Waals surface area contributed by atoms with E-state index >= 15 is 0 Å². The third-order valence-electron chi connectivity index (χ3n) is 4.67. The van der Waals surface area contributed by atoms with E-state index in [9.17, 15) is 15.0 Å². The molecule has 0 bridgehead atoms. The van der Waals surface area contributed by atoms with Crippen LogP contribution in [0, 0.1) is 0 Å². The molecule has 2 aliphatic rings. The van der Waals surface area contributed by atoms with Crippen LogP contribution in [0.5, 0.6) is 17.2 Å². The average Bonchev–Trinajstić information content (AvgIpc) is 3.19. The number of ether oxygens (including phenoxy) is 2. The summed E-state index contributed by atoms with van der Waals surface area (Å²) in [7, 11) is 1.39. The number of methoxy groups -OCH3 is 1. The topological polar surface area (TPSA) is 79.3 Å². The van der Waals surface area contributed by atoms with Crippen molar-refractivity contribution in [2.24, 2.45) is 0 Å². The fourth-order valence-corrected chi connectivity index (χ4v) is 3.52. The van der Waals surface area contributed by atoms with Gasteiger partial charge < -0.3 is 19.7 Å². The van der Waals surface area contributed by atoms with E-state index in [1.807, 2.05) is 6.92 Å². The Morgan fingerprint density at radius 2 is 2.17 bits per heavy atom. The molecule has 0 radical (unpaired) electrons. The molecule has 3 atom stereocenters. The minimum Gasteiger partial charge on any atom is -0.507 e. The van der Waals surface area contributed by atoms with Gasteiger partial charge in [0, 0.05) is 16.5 Å². The third-order valence-corrected chi connectivity index (χ3v) is 5.78. The number of carbonyl (C=O) groups excluding carboxylic acids is 1. The lowest BCUT2D eigenvalue weighted by atomic mass is 9.86. The maximum absolute atomic E-state index is 12.8. The van der Waals surface area contributed by atoms with Crippen molar-refractivity contribution >= 4 is 21.7 Å². The lowest BCUT2D eigenvalue weighted by Gasteiger charge is -2.20. The van der Waals surface area contributed by atoms with Crippen LogP contribution < -0.4 is 4.74 Å². The quantitative estimate of drug-likeness (QED) is 0.337. The van der Waals surface area contributed by atoms with E-state index < -0.39 is 11.7 Å². The first-order chi connectivity index (χ1) is 10.8. The fourth-order valence-electron chi connectivity index (χ4n) is 3.13. The Balaban J connectivity index is 2.17. The van der Waals surface area contributed by atoms with E-state index in [0.29, 0.717) is 5.56 Å². The van der Waals surface area contributed by atoms with Crippen LogP contribution in [-0.4, -0.2) is 39.6 Å². The maximum atomic E-state index is 12.8. The van der Waals surface area contributed by atoms with E-state index in [1.54, 1.807) is 0 Å². The van der Waals surface area contributed by atoms with Gasteiger partial charge in [0.15, 0.2) is 17.3 Å². The Morgan fingerprint density at radius 1 is 1.48 bits per heavy atom. The normalized spacial score (nSPS) is 30.4. The number of phenolic OH excluding ortho intramolecular Hbond substituents is 2. The molecule has 1 aliphatic carbocycles. The summed E-state index contributed by atoms with van der Waals surface area (Å²) in [5, 5.41) is 20.7. The monoisotopic (exact) mass is 382 g/mol. The maximum Gasteiger partial charge on any atom is 0.198 e. The highest BCUT2D eigenvalue weighted by Crippen LogP contribution is 2.48. The lowest BCUT2D eigenvalue weighted by molar-refractivity contribution is 0.0949. The van der Waals surface area contributed by atoms with Gasteiger partial charge in [0.2, 0.25) is 0 Å². The van der Waals surface area contributed by atoms with E-state index in [1.165, 1.54) is 13.2 Å². The number of epoxide rings is 1. The number of phenols is 2. The second kappa shape index (κ2) is 5.53. The van der Waals surface area contributed by atoms with Crippen molar-refractivity contribution in [1.82, 2.24) is 0 Å². The molecule has 1 heterocycles. The van der Waals surface area contributed by atoms with Gasteiger partial charge in [0.25, 0.3) is 0 Å². The predicted molar refractivity (Wildman–Crippen MR) is 88.7 cm³/mol. The predicted octanol–water partition coefficient (Wildman–Crippen LogP) is 3.10. The van der Waals surface area contributed by atoms with Crippen molar-refractivity contribution in [2.75, 3.05) is 7.11 Å². The molecule has 0 aromatic heterocycles. The molecule has 1 aliphatic heterocycles. The van der Waals surface area contributed by atoms with Crippen LogP contribution in [0.25, 0.3) is 0 Å². The van der Waals surface area contributed by atoms with Crippen molar-refractivity contribution < 1.29 is 24.5 Å². The fraction of sp³-hybridized carbons (Fsp3) is 0.471. The van der Waals surface area contributed by atoms with Gasteiger partial charge in [-0.15, -0.1) is 0 Å². The van der Waals surface area contributed by atoms with Crippen LogP contribution in [0.4, 0.5) is 0 Å². The number of carbonyl (C=O) groups is 1. The Hall–Kier alpha value is -1.53. The number of hydrogen-bond acceptors (Lipinski definition) is 5. The number of alkyl halides is 1. The number of Topliss-reactive ketones (excluding diaryl/α,β-unsaturated/α-hetero) is 1. The molecule has 3 rings (SSSR count). The summed E-state index contributed by atoms with van der Waals surface area (Å²) in [5.74, 6) is -0.530. The molecular formula is C17H19BrO5. The summed E-state index contributed by atoms with van der Waals surface area (Å²) in [4.78, 5) is 12.8. The van der Waals surface area contributed by atoms with Gasteiger partial charge in [0.05, 0.1) is 12.7 Å². The average molecular weight is 383 g/mol. The van der Waals surface area contributed by atoms with Crippen LogP contribution in [0.3, 0.4) is 0 Å². The van der Waals surface area contributed by atoms with E-state index in [0.717, 1.165) is 18.4 Å². The Kier molecular flexibility index (Phi) is 3.92. The first-order valence-corrected chi connectivity index (χ1v) is 8.35. The molecular weight excluding hydrogens is 364 g/mol. The molecule has 5 nitrogen and oxygen atoms in total. The number of rotatable bonds is 1. The summed E-state index contributed by atoms with van der Waals surface area (Å²) in [6, 6.07) is 1.26. The van der Waals surface area contributed by atoms with Gasteiger partial charge in [-0.3, -0.25) is 4.79 Å². The third kappa shape index (κ3) is 2.64. The highest BCUT2D eigenvalue weighted by atomic mass is 79.9. The molecule has 0 spiro atoms. The summed E-state index contributed by atoms with van der Waals surface area (Å²) < 4.78 is 10.7. The second-order valence-electron chi connectivity index (χ2n) is 6.32. The molecule has 23 heavy (non-hydrogen) atoms. The van der Waals surface area contributed by atoms with Crippen molar-refractivity contribution in [1.29, 1.82) is 0 Å². The summed E-state index contributed by atoms with van der Waals surface area (Å²) in [5.41, 5.74) is 0.727. The van der Waals surface area contributed by atoms with Gasteiger partial charge >= 0.3 is 0 Å². The van der Waals surface area contributed by atoms with Crippen LogP contribution >= 0.6 is 15.9 Å². The van der Waals surface area contributed by atoms with Gasteiger partial charge in [0.1, 0.15) is 17.5 Å². The van der Waals surface area contributed by atoms with E-state index in [4.69, 9.17) is 9.47 Å². The standard InChI is InChI=1S/C17H19BrO5/c1-8-6-9-13(11(19)7-12(22-3)14(9)20)15(21)16-17(2,23-16)5-4-10(8)18/h7,10,16,19-20H,1,4-6H2,2-3H3/t10-,16-,17-/m1/s1. The zero-order chi connectivity index (χ0) is 16.9.